The molecule has 21 heavy (non-hydrogen) atoms. The standard InChI is InChI=1S/C15H21N3O3/c1-10-9-13(17-11(2)16-10)15(21)18-8-4-3-5-12(18)6-7-14(19)20/h9,12H,3-8H2,1-2H3,(H,19,20). The van der Waals surface area contributed by atoms with Gasteiger partial charge in [-0.15, -0.1) is 0 Å². The van der Waals surface area contributed by atoms with Crippen molar-refractivity contribution < 1.29 is 14.7 Å². The average molecular weight is 291 g/mol. The molecular formula is C15H21N3O3. The second-order valence-electron chi connectivity index (χ2n) is 5.52. The van der Waals surface area contributed by atoms with Gasteiger partial charge in [-0.1, -0.05) is 0 Å². The lowest BCUT2D eigenvalue weighted by atomic mass is 9.97. The molecule has 1 N–H and O–H groups in total. The first kappa shape index (κ1) is 15.4. The summed E-state index contributed by atoms with van der Waals surface area (Å²) in [4.78, 5) is 33.6. The van der Waals surface area contributed by atoms with Gasteiger partial charge in [-0.05, 0) is 45.6 Å². The van der Waals surface area contributed by atoms with Crippen molar-refractivity contribution in [3.05, 3.63) is 23.3 Å². The van der Waals surface area contributed by atoms with Crippen LogP contribution in [0.1, 0.15) is 54.1 Å². The number of carboxylic acid groups (broad SMARTS) is 1. The Morgan fingerprint density at radius 3 is 2.76 bits per heavy atom. The number of carbonyl (C=O) groups is 2. The van der Waals surface area contributed by atoms with Crippen molar-refractivity contribution in [2.24, 2.45) is 0 Å². The molecule has 6 nitrogen and oxygen atoms in total. The third-order valence-corrected chi connectivity index (χ3v) is 3.76. The number of amides is 1. The Kier molecular flexibility index (Phi) is 4.88. The summed E-state index contributed by atoms with van der Waals surface area (Å²) in [5, 5.41) is 8.83. The minimum absolute atomic E-state index is 0.00192. The van der Waals surface area contributed by atoms with Gasteiger partial charge in [0.1, 0.15) is 11.5 Å². The lowest BCUT2D eigenvalue weighted by Crippen LogP contribution is -2.44. The first-order chi connectivity index (χ1) is 9.97. The van der Waals surface area contributed by atoms with Crippen molar-refractivity contribution >= 4 is 11.9 Å². The zero-order valence-electron chi connectivity index (χ0n) is 12.5. The molecule has 1 aliphatic rings. The second kappa shape index (κ2) is 6.65. The number of hydrogen-bond donors (Lipinski definition) is 1. The minimum atomic E-state index is -0.818. The number of aliphatic carboxylic acids is 1. The summed E-state index contributed by atoms with van der Waals surface area (Å²) in [6.45, 7) is 4.27. The Hall–Kier alpha value is -1.98. The normalized spacial score (nSPS) is 18.6. The van der Waals surface area contributed by atoms with Crippen LogP contribution in [-0.4, -0.2) is 44.4 Å². The average Bonchev–Trinajstić information content (AvgIpc) is 2.43. The molecule has 1 atom stereocenters. The fourth-order valence-electron chi connectivity index (χ4n) is 2.83. The molecule has 0 spiro atoms. The van der Waals surface area contributed by atoms with Crippen LogP contribution in [0.2, 0.25) is 0 Å². The molecule has 1 aromatic rings. The molecule has 2 heterocycles. The molecule has 0 bridgehead atoms. The molecule has 2 rings (SSSR count). The SMILES string of the molecule is Cc1cc(C(=O)N2CCCCC2CCC(=O)O)nc(C)n1. The van der Waals surface area contributed by atoms with Crippen LogP contribution < -0.4 is 0 Å². The molecule has 0 radical (unpaired) electrons. The van der Waals surface area contributed by atoms with E-state index in [1.807, 2.05) is 6.92 Å². The first-order valence-corrected chi connectivity index (χ1v) is 7.32. The molecule has 114 valence electrons. The molecule has 1 aromatic heterocycles. The summed E-state index contributed by atoms with van der Waals surface area (Å²) in [7, 11) is 0. The highest BCUT2D eigenvalue weighted by Crippen LogP contribution is 2.22. The van der Waals surface area contributed by atoms with E-state index < -0.39 is 5.97 Å². The van der Waals surface area contributed by atoms with Gasteiger partial charge in [-0.2, -0.15) is 0 Å². The Morgan fingerprint density at radius 2 is 2.10 bits per heavy atom. The summed E-state index contributed by atoms with van der Waals surface area (Å²) in [6.07, 6.45) is 3.46. The highest BCUT2D eigenvalue weighted by Gasteiger charge is 2.28. The summed E-state index contributed by atoms with van der Waals surface area (Å²) in [5.74, 6) is -0.349. The van der Waals surface area contributed by atoms with Crippen LogP contribution in [0.3, 0.4) is 0 Å². The largest absolute Gasteiger partial charge is 0.481 e. The van der Waals surface area contributed by atoms with Crippen LogP contribution in [0, 0.1) is 13.8 Å². The first-order valence-electron chi connectivity index (χ1n) is 7.32. The van der Waals surface area contributed by atoms with Crippen LogP contribution in [0.15, 0.2) is 6.07 Å². The summed E-state index contributed by atoms with van der Waals surface area (Å²) >= 11 is 0. The maximum Gasteiger partial charge on any atom is 0.303 e. The number of aromatic nitrogens is 2. The number of aryl methyl sites for hydroxylation is 2. The van der Waals surface area contributed by atoms with E-state index in [0.29, 0.717) is 24.5 Å². The number of carbonyl (C=O) groups excluding carboxylic acids is 1. The van der Waals surface area contributed by atoms with Crippen molar-refractivity contribution in [1.82, 2.24) is 14.9 Å². The molecule has 1 fully saturated rings. The van der Waals surface area contributed by atoms with Crippen molar-refractivity contribution in [1.29, 1.82) is 0 Å². The van der Waals surface area contributed by atoms with Gasteiger partial charge in [0, 0.05) is 24.7 Å². The highest BCUT2D eigenvalue weighted by atomic mass is 16.4. The minimum Gasteiger partial charge on any atom is -0.481 e. The topological polar surface area (TPSA) is 83.4 Å². The van der Waals surface area contributed by atoms with Crippen LogP contribution in [0.25, 0.3) is 0 Å². The fraction of sp³-hybridized carbons (Fsp3) is 0.600. The van der Waals surface area contributed by atoms with E-state index >= 15 is 0 Å². The van der Waals surface area contributed by atoms with Crippen LogP contribution in [0.4, 0.5) is 0 Å². The summed E-state index contributed by atoms with van der Waals surface area (Å²) < 4.78 is 0. The lowest BCUT2D eigenvalue weighted by molar-refractivity contribution is -0.137. The Bertz CT molecular complexity index is 525. The van der Waals surface area contributed by atoms with Crippen molar-refractivity contribution in [2.75, 3.05) is 6.54 Å². The van der Waals surface area contributed by atoms with Crippen molar-refractivity contribution in [3.8, 4) is 0 Å². The monoisotopic (exact) mass is 291 g/mol. The van der Waals surface area contributed by atoms with Gasteiger partial charge in [0.05, 0.1) is 0 Å². The van der Waals surface area contributed by atoms with Gasteiger partial charge in [-0.25, -0.2) is 9.97 Å². The molecular weight excluding hydrogens is 270 g/mol. The third kappa shape index (κ3) is 4.00. The predicted octanol–water partition coefficient (Wildman–Crippen LogP) is 1.95. The van der Waals surface area contributed by atoms with Gasteiger partial charge < -0.3 is 10.0 Å². The molecule has 1 saturated heterocycles. The van der Waals surface area contributed by atoms with E-state index in [1.165, 1.54) is 0 Å². The number of nitrogens with zero attached hydrogens (tertiary/aromatic N) is 3. The molecule has 6 heteroatoms. The van der Waals surface area contributed by atoms with E-state index in [-0.39, 0.29) is 18.4 Å². The van der Waals surface area contributed by atoms with Gasteiger partial charge in [-0.3, -0.25) is 9.59 Å². The zero-order chi connectivity index (χ0) is 15.4. The molecule has 1 aliphatic heterocycles. The van der Waals surface area contributed by atoms with Crippen LogP contribution >= 0.6 is 0 Å². The Labute approximate surface area is 124 Å². The van der Waals surface area contributed by atoms with Gasteiger partial charge >= 0.3 is 5.97 Å². The fourth-order valence-corrected chi connectivity index (χ4v) is 2.83. The van der Waals surface area contributed by atoms with E-state index in [1.54, 1.807) is 17.9 Å². The van der Waals surface area contributed by atoms with Crippen LogP contribution in [0.5, 0.6) is 0 Å². The quantitative estimate of drug-likeness (QED) is 0.916. The summed E-state index contributed by atoms with van der Waals surface area (Å²) in [5.41, 5.74) is 1.17. The van der Waals surface area contributed by atoms with Gasteiger partial charge in [0.25, 0.3) is 5.91 Å². The predicted molar refractivity (Wildman–Crippen MR) is 77.1 cm³/mol. The van der Waals surface area contributed by atoms with Crippen molar-refractivity contribution in [3.63, 3.8) is 0 Å². The lowest BCUT2D eigenvalue weighted by Gasteiger charge is -2.35. The van der Waals surface area contributed by atoms with E-state index in [4.69, 9.17) is 5.11 Å². The molecule has 0 saturated carbocycles. The Balaban J connectivity index is 2.15. The number of rotatable bonds is 4. The van der Waals surface area contributed by atoms with E-state index in [2.05, 4.69) is 9.97 Å². The maximum atomic E-state index is 12.6. The van der Waals surface area contributed by atoms with Crippen molar-refractivity contribution in [2.45, 2.75) is 52.0 Å². The smallest absolute Gasteiger partial charge is 0.303 e. The summed E-state index contributed by atoms with van der Waals surface area (Å²) in [6, 6.07) is 1.69. The number of piperidine rings is 1. The van der Waals surface area contributed by atoms with Gasteiger partial charge in [0.2, 0.25) is 0 Å². The van der Waals surface area contributed by atoms with E-state index in [9.17, 15) is 9.59 Å². The second-order valence-corrected chi connectivity index (χ2v) is 5.52. The molecule has 0 aliphatic carbocycles. The molecule has 1 unspecified atom stereocenters. The third-order valence-electron chi connectivity index (χ3n) is 3.76. The molecule has 1 amide bonds. The van der Waals surface area contributed by atoms with E-state index in [0.717, 1.165) is 25.0 Å². The molecule has 0 aromatic carbocycles. The number of carboxylic acids is 1. The zero-order valence-corrected chi connectivity index (χ0v) is 12.5. The number of hydrogen-bond acceptors (Lipinski definition) is 4. The highest BCUT2D eigenvalue weighted by molar-refractivity contribution is 5.92. The maximum absolute atomic E-state index is 12.6. The number of likely N-dealkylation sites (tertiary alicyclic amines) is 1. The van der Waals surface area contributed by atoms with Crippen LogP contribution in [-0.2, 0) is 4.79 Å². The van der Waals surface area contributed by atoms with Gasteiger partial charge in [0.15, 0.2) is 0 Å². The Morgan fingerprint density at radius 1 is 1.33 bits per heavy atom.